The summed E-state index contributed by atoms with van der Waals surface area (Å²) < 4.78 is 5.83. The summed E-state index contributed by atoms with van der Waals surface area (Å²) in [6, 6.07) is 18.7. The van der Waals surface area contributed by atoms with Gasteiger partial charge in [0, 0.05) is 19.0 Å². The highest BCUT2D eigenvalue weighted by atomic mass is 16.5. The van der Waals surface area contributed by atoms with E-state index in [0.29, 0.717) is 12.5 Å². The van der Waals surface area contributed by atoms with E-state index in [-0.39, 0.29) is 0 Å². The van der Waals surface area contributed by atoms with Gasteiger partial charge < -0.3 is 10.1 Å². The van der Waals surface area contributed by atoms with Gasteiger partial charge in [-0.1, -0.05) is 42.5 Å². The van der Waals surface area contributed by atoms with E-state index in [9.17, 15) is 0 Å². The van der Waals surface area contributed by atoms with E-state index in [1.807, 2.05) is 24.3 Å². The summed E-state index contributed by atoms with van der Waals surface area (Å²) in [4.78, 5) is 0. The van der Waals surface area contributed by atoms with Gasteiger partial charge in [-0.15, -0.1) is 0 Å². The molecule has 0 saturated carbocycles. The predicted molar refractivity (Wildman–Crippen MR) is 72.8 cm³/mol. The van der Waals surface area contributed by atoms with Crippen molar-refractivity contribution in [3.05, 3.63) is 65.7 Å². The molecule has 2 aromatic rings. The van der Waals surface area contributed by atoms with Gasteiger partial charge in [-0.25, -0.2) is 0 Å². The molecule has 1 N–H and O–H groups in total. The first-order chi connectivity index (χ1) is 8.92. The van der Waals surface area contributed by atoms with E-state index < -0.39 is 0 Å². The fourth-order valence-electron chi connectivity index (χ4n) is 2.12. The Morgan fingerprint density at radius 2 is 1.83 bits per heavy atom. The largest absolute Gasteiger partial charge is 0.489 e. The Bertz CT molecular complexity index is 506. The molecule has 2 aromatic carbocycles. The van der Waals surface area contributed by atoms with Crippen LogP contribution in [0.25, 0.3) is 0 Å². The van der Waals surface area contributed by atoms with Gasteiger partial charge in [-0.3, -0.25) is 0 Å². The van der Waals surface area contributed by atoms with E-state index in [1.54, 1.807) is 0 Å². The van der Waals surface area contributed by atoms with E-state index in [4.69, 9.17) is 4.74 Å². The Morgan fingerprint density at radius 1 is 1.00 bits per heavy atom. The molecule has 0 radical (unpaired) electrons. The van der Waals surface area contributed by atoms with Crippen molar-refractivity contribution >= 4 is 0 Å². The summed E-state index contributed by atoms with van der Waals surface area (Å²) in [6.07, 6.45) is 0. The van der Waals surface area contributed by atoms with Crippen molar-refractivity contribution in [3.63, 3.8) is 0 Å². The van der Waals surface area contributed by atoms with Gasteiger partial charge in [0.15, 0.2) is 0 Å². The van der Waals surface area contributed by atoms with E-state index in [2.05, 4.69) is 35.6 Å². The molecule has 1 aliphatic rings. The van der Waals surface area contributed by atoms with Crippen molar-refractivity contribution in [2.75, 3.05) is 13.1 Å². The number of benzene rings is 2. The van der Waals surface area contributed by atoms with Crippen molar-refractivity contribution in [1.82, 2.24) is 5.32 Å². The van der Waals surface area contributed by atoms with E-state index in [1.165, 1.54) is 11.1 Å². The molecular formula is C16H17NO. The molecule has 0 amide bonds. The zero-order chi connectivity index (χ0) is 12.2. The highest BCUT2D eigenvalue weighted by Gasteiger charge is 2.18. The molecule has 18 heavy (non-hydrogen) atoms. The Balaban J connectivity index is 1.65. The van der Waals surface area contributed by atoms with Crippen molar-refractivity contribution < 1.29 is 4.74 Å². The van der Waals surface area contributed by atoms with Crippen LogP contribution in [0.1, 0.15) is 17.0 Å². The van der Waals surface area contributed by atoms with Gasteiger partial charge in [-0.05, 0) is 23.3 Å². The summed E-state index contributed by atoms with van der Waals surface area (Å²) >= 11 is 0. The predicted octanol–water partition coefficient (Wildman–Crippen LogP) is 2.95. The molecule has 0 bridgehead atoms. The molecular weight excluding hydrogens is 222 g/mol. The fourth-order valence-corrected chi connectivity index (χ4v) is 2.12. The van der Waals surface area contributed by atoms with Crippen molar-refractivity contribution in [1.29, 1.82) is 0 Å². The Labute approximate surface area is 108 Å². The van der Waals surface area contributed by atoms with Gasteiger partial charge in [0.2, 0.25) is 0 Å². The summed E-state index contributed by atoms with van der Waals surface area (Å²) in [5.41, 5.74) is 2.58. The molecule has 0 unspecified atom stereocenters. The minimum Gasteiger partial charge on any atom is -0.489 e. The number of hydrogen-bond donors (Lipinski definition) is 1. The van der Waals surface area contributed by atoms with Gasteiger partial charge in [0.1, 0.15) is 12.4 Å². The van der Waals surface area contributed by atoms with Crippen LogP contribution >= 0.6 is 0 Å². The summed E-state index contributed by atoms with van der Waals surface area (Å²) in [6.45, 7) is 2.80. The summed E-state index contributed by atoms with van der Waals surface area (Å²) in [5, 5.41) is 3.30. The second-order valence-corrected chi connectivity index (χ2v) is 4.70. The lowest BCUT2D eigenvalue weighted by molar-refractivity contribution is 0.305. The topological polar surface area (TPSA) is 21.3 Å². The van der Waals surface area contributed by atoms with Crippen molar-refractivity contribution in [2.45, 2.75) is 12.5 Å². The second-order valence-electron chi connectivity index (χ2n) is 4.70. The van der Waals surface area contributed by atoms with Gasteiger partial charge in [0.05, 0.1) is 0 Å². The standard InChI is InChI=1S/C16H17NO/c1-2-5-13(6-3-1)12-18-16-8-4-7-14(9-16)15-10-17-11-15/h1-9,15,17H,10-12H2. The van der Waals surface area contributed by atoms with Crippen LogP contribution in [0.2, 0.25) is 0 Å². The molecule has 1 heterocycles. The smallest absolute Gasteiger partial charge is 0.120 e. The molecule has 0 atom stereocenters. The molecule has 2 nitrogen and oxygen atoms in total. The molecule has 3 rings (SSSR count). The lowest BCUT2D eigenvalue weighted by atomic mass is 9.94. The van der Waals surface area contributed by atoms with Crippen LogP contribution < -0.4 is 10.1 Å². The lowest BCUT2D eigenvalue weighted by Gasteiger charge is -2.27. The van der Waals surface area contributed by atoms with Gasteiger partial charge in [0.25, 0.3) is 0 Å². The van der Waals surface area contributed by atoms with Crippen LogP contribution in [0.5, 0.6) is 5.75 Å². The first-order valence-corrected chi connectivity index (χ1v) is 6.39. The van der Waals surface area contributed by atoms with Crippen LogP contribution in [0.3, 0.4) is 0 Å². The van der Waals surface area contributed by atoms with Crippen LogP contribution in [0.4, 0.5) is 0 Å². The molecule has 1 fully saturated rings. The number of nitrogens with one attached hydrogen (secondary N) is 1. The zero-order valence-corrected chi connectivity index (χ0v) is 10.3. The maximum absolute atomic E-state index is 5.83. The molecule has 1 aliphatic heterocycles. The average molecular weight is 239 g/mol. The maximum Gasteiger partial charge on any atom is 0.120 e. The molecule has 0 spiro atoms. The minimum atomic E-state index is 0.632. The quantitative estimate of drug-likeness (QED) is 0.885. The molecule has 2 heteroatoms. The van der Waals surface area contributed by atoms with Crippen LogP contribution in [0.15, 0.2) is 54.6 Å². The van der Waals surface area contributed by atoms with Gasteiger partial charge >= 0.3 is 0 Å². The molecule has 1 saturated heterocycles. The van der Waals surface area contributed by atoms with E-state index >= 15 is 0 Å². The first-order valence-electron chi connectivity index (χ1n) is 6.39. The SMILES string of the molecule is c1ccc(COc2cccc(C3CNC3)c2)cc1. The van der Waals surface area contributed by atoms with Gasteiger partial charge in [-0.2, -0.15) is 0 Å². The average Bonchev–Trinajstić information content (AvgIpc) is 2.36. The maximum atomic E-state index is 5.83. The highest BCUT2D eigenvalue weighted by Crippen LogP contribution is 2.24. The second kappa shape index (κ2) is 5.23. The Hall–Kier alpha value is -1.80. The summed E-state index contributed by atoms with van der Waals surface area (Å²) in [7, 11) is 0. The minimum absolute atomic E-state index is 0.632. The number of rotatable bonds is 4. The third kappa shape index (κ3) is 2.54. The number of hydrogen-bond acceptors (Lipinski definition) is 2. The van der Waals surface area contributed by atoms with Crippen LogP contribution in [0, 0.1) is 0 Å². The summed E-state index contributed by atoms with van der Waals surface area (Å²) in [5.74, 6) is 1.62. The van der Waals surface area contributed by atoms with Crippen LogP contribution in [-0.2, 0) is 6.61 Å². The van der Waals surface area contributed by atoms with Crippen molar-refractivity contribution in [2.24, 2.45) is 0 Å². The number of ether oxygens (including phenoxy) is 1. The lowest BCUT2D eigenvalue weighted by Crippen LogP contribution is -2.39. The normalized spacial score (nSPS) is 15.1. The molecule has 0 aromatic heterocycles. The third-order valence-corrected chi connectivity index (χ3v) is 3.36. The molecule has 0 aliphatic carbocycles. The monoisotopic (exact) mass is 239 g/mol. The Kier molecular flexibility index (Phi) is 3.29. The molecule has 92 valence electrons. The zero-order valence-electron chi connectivity index (χ0n) is 10.3. The Morgan fingerprint density at radius 3 is 2.56 bits per heavy atom. The fraction of sp³-hybridized carbons (Fsp3) is 0.250. The third-order valence-electron chi connectivity index (χ3n) is 3.36. The van der Waals surface area contributed by atoms with Crippen LogP contribution in [-0.4, -0.2) is 13.1 Å². The van der Waals surface area contributed by atoms with Crippen molar-refractivity contribution in [3.8, 4) is 5.75 Å². The highest BCUT2D eigenvalue weighted by molar-refractivity contribution is 5.32. The first kappa shape index (κ1) is 11.3. The van der Waals surface area contributed by atoms with E-state index in [0.717, 1.165) is 18.8 Å².